The summed E-state index contributed by atoms with van der Waals surface area (Å²) in [7, 11) is 0. The number of benzene rings is 3. The third kappa shape index (κ3) is 4.17. The van der Waals surface area contributed by atoms with Gasteiger partial charge in [-0.15, -0.1) is 0 Å². The Labute approximate surface area is 173 Å². The van der Waals surface area contributed by atoms with Crippen LogP contribution in [0.25, 0.3) is 22.2 Å². The van der Waals surface area contributed by atoms with Gasteiger partial charge in [0.2, 0.25) is 0 Å². The minimum Gasteiger partial charge on any atom is -0.449 e. The van der Waals surface area contributed by atoms with Crippen LogP contribution in [0.2, 0.25) is 0 Å². The summed E-state index contributed by atoms with van der Waals surface area (Å²) in [5.74, 6) is -1.01. The molecule has 0 aliphatic heterocycles. The maximum Gasteiger partial charge on any atom is 0.338 e. The molecule has 0 aliphatic carbocycles. The number of carbonyl (C=O) groups excluding carboxylic acids is 2. The molecule has 1 amide bonds. The first-order valence-corrected chi connectivity index (χ1v) is 9.49. The van der Waals surface area contributed by atoms with E-state index >= 15 is 0 Å². The fourth-order valence-corrected chi connectivity index (χ4v) is 3.07. The minimum absolute atomic E-state index is 0.312. The summed E-state index contributed by atoms with van der Waals surface area (Å²) in [4.78, 5) is 33.5. The van der Waals surface area contributed by atoms with Crippen molar-refractivity contribution < 1.29 is 14.3 Å². The van der Waals surface area contributed by atoms with E-state index in [9.17, 15) is 9.59 Å². The Balaban J connectivity index is 1.47. The predicted molar refractivity (Wildman–Crippen MR) is 115 cm³/mol. The van der Waals surface area contributed by atoms with E-state index in [1.54, 1.807) is 37.5 Å². The van der Waals surface area contributed by atoms with Crippen LogP contribution in [-0.2, 0) is 9.53 Å². The zero-order chi connectivity index (χ0) is 20.9. The van der Waals surface area contributed by atoms with Gasteiger partial charge < -0.3 is 10.1 Å². The number of anilines is 1. The summed E-state index contributed by atoms with van der Waals surface area (Å²) < 4.78 is 5.37. The molecular weight excluding hydrogens is 378 g/mol. The number of carbonyl (C=O) groups is 2. The van der Waals surface area contributed by atoms with Gasteiger partial charge in [-0.2, -0.15) is 0 Å². The van der Waals surface area contributed by atoms with Crippen molar-refractivity contribution in [3.05, 3.63) is 90.8 Å². The number of nitrogens with one attached hydrogen (secondary N) is 1. The van der Waals surface area contributed by atoms with E-state index in [0.29, 0.717) is 22.3 Å². The number of aromatic nitrogens is 2. The predicted octanol–water partition coefficient (Wildman–Crippen LogP) is 4.48. The molecule has 0 bridgehead atoms. The molecular formula is C24H19N3O3. The molecule has 3 aromatic carbocycles. The van der Waals surface area contributed by atoms with E-state index in [1.165, 1.54) is 0 Å². The molecule has 0 saturated heterocycles. The average Bonchev–Trinajstić information content (AvgIpc) is 2.79. The van der Waals surface area contributed by atoms with Crippen LogP contribution in [0.4, 0.5) is 5.69 Å². The number of ether oxygens (including phenoxy) is 1. The Morgan fingerprint density at radius 3 is 2.37 bits per heavy atom. The van der Waals surface area contributed by atoms with Crippen molar-refractivity contribution in [2.45, 2.75) is 13.0 Å². The van der Waals surface area contributed by atoms with Gasteiger partial charge in [0.1, 0.15) is 0 Å². The van der Waals surface area contributed by atoms with Gasteiger partial charge in [0.15, 0.2) is 6.10 Å². The van der Waals surface area contributed by atoms with Crippen LogP contribution in [-0.4, -0.2) is 27.9 Å². The van der Waals surface area contributed by atoms with Crippen molar-refractivity contribution >= 4 is 28.6 Å². The fraction of sp³-hybridized carbons (Fsp3) is 0.0833. The van der Waals surface area contributed by atoms with Gasteiger partial charge in [-0.05, 0) is 36.8 Å². The Morgan fingerprint density at radius 1 is 0.867 bits per heavy atom. The van der Waals surface area contributed by atoms with Gasteiger partial charge in [-0.1, -0.05) is 48.5 Å². The highest BCUT2D eigenvalue weighted by atomic mass is 16.5. The van der Waals surface area contributed by atoms with E-state index in [1.807, 2.05) is 54.6 Å². The monoisotopic (exact) mass is 397 g/mol. The number of nitrogens with zero attached hydrogens (tertiary/aromatic N) is 2. The molecule has 6 nitrogen and oxygen atoms in total. The van der Waals surface area contributed by atoms with E-state index in [0.717, 1.165) is 11.1 Å². The van der Waals surface area contributed by atoms with Crippen molar-refractivity contribution in [3.63, 3.8) is 0 Å². The number of fused-ring (bicyclic) bond motifs is 1. The molecule has 0 fully saturated rings. The van der Waals surface area contributed by atoms with Crippen molar-refractivity contribution in [3.8, 4) is 11.1 Å². The molecule has 30 heavy (non-hydrogen) atoms. The molecule has 0 aliphatic rings. The van der Waals surface area contributed by atoms with Gasteiger partial charge in [-0.3, -0.25) is 14.8 Å². The second-order valence-corrected chi connectivity index (χ2v) is 6.71. The number of amides is 1. The third-order valence-electron chi connectivity index (χ3n) is 4.63. The van der Waals surface area contributed by atoms with E-state index in [2.05, 4.69) is 15.3 Å². The molecule has 0 saturated carbocycles. The molecule has 0 spiro atoms. The normalized spacial score (nSPS) is 11.6. The van der Waals surface area contributed by atoms with Gasteiger partial charge >= 0.3 is 5.97 Å². The molecule has 1 atom stereocenters. The zero-order valence-corrected chi connectivity index (χ0v) is 16.3. The van der Waals surface area contributed by atoms with Crippen LogP contribution in [0, 0.1) is 0 Å². The van der Waals surface area contributed by atoms with Crippen LogP contribution in [0.3, 0.4) is 0 Å². The van der Waals surface area contributed by atoms with Crippen molar-refractivity contribution in [1.82, 2.24) is 9.97 Å². The van der Waals surface area contributed by atoms with E-state index in [-0.39, 0.29) is 0 Å². The summed E-state index contributed by atoms with van der Waals surface area (Å²) in [5, 5.41) is 2.86. The smallest absolute Gasteiger partial charge is 0.338 e. The third-order valence-corrected chi connectivity index (χ3v) is 4.63. The van der Waals surface area contributed by atoms with E-state index in [4.69, 9.17) is 4.74 Å². The van der Waals surface area contributed by atoms with Crippen LogP contribution in [0.5, 0.6) is 0 Å². The molecule has 4 aromatic rings. The lowest BCUT2D eigenvalue weighted by Gasteiger charge is -2.16. The Morgan fingerprint density at radius 2 is 1.57 bits per heavy atom. The molecule has 0 radical (unpaired) electrons. The average molecular weight is 397 g/mol. The minimum atomic E-state index is -0.973. The Bertz CT molecular complexity index is 1210. The topological polar surface area (TPSA) is 81.2 Å². The Kier molecular flexibility index (Phi) is 5.48. The SMILES string of the molecule is C[C@H](OC(=O)c1ccc2nccnc2c1)C(=O)Nc1ccccc1-c1ccccc1. The van der Waals surface area contributed by atoms with Gasteiger partial charge in [0, 0.05) is 23.6 Å². The molecule has 1 N–H and O–H groups in total. The number of rotatable bonds is 5. The summed E-state index contributed by atoms with van der Waals surface area (Å²) in [6, 6.07) is 22.1. The molecule has 1 heterocycles. The fourth-order valence-electron chi connectivity index (χ4n) is 3.07. The van der Waals surface area contributed by atoms with Gasteiger partial charge in [0.25, 0.3) is 5.91 Å². The second kappa shape index (κ2) is 8.53. The quantitative estimate of drug-likeness (QED) is 0.502. The maximum atomic E-state index is 12.7. The zero-order valence-electron chi connectivity index (χ0n) is 16.3. The lowest BCUT2D eigenvalue weighted by molar-refractivity contribution is -0.123. The van der Waals surface area contributed by atoms with Crippen molar-refractivity contribution in [2.24, 2.45) is 0 Å². The highest BCUT2D eigenvalue weighted by Crippen LogP contribution is 2.27. The van der Waals surface area contributed by atoms with Crippen molar-refractivity contribution in [1.29, 1.82) is 0 Å². The Hall–Kier alpha value is -4.06. The first kappa shape index (κ1) is 19.3. The molecule has 6 heteroatoms. The van der Waals surface area contributed by atoms with E-state index < -0.39 is 18.0 Å². The molecule has 1 aromatic heterocycles. The highest BCUT2D eigenvalue weighted by Gasteiger charge is 2.20. The molecule has 0 unspecified atom stereocenters. The number of para-hydroxylation sites is 1. The highest BCUT2D eigenvalue weighted by molar-refractivity contribution is 6.00. The largest absolute Gasteiger partial charge is 0.449 e. The van der Waals surface area contributed by atoms with Crippen LogP contribution >= 0.6 is 0 Å². The maximum absolute atomic E-state index is 12.7. The summed E-state index contributed by atoms with van der Waals surface area (Å²) in [6.45, 7) is 1.54. The number of esters is 1. The summed E-state index contributed by atoms with van der Waals surface area (Å²) in [6.07, 6.45) is 2.16. The molecule has 148 valence electrons. The van der Waals surface area contributed by atoms with Crippen LogP contribution < -0.4 is 5.32 Å². The second-order valence-electron chi connectivity index (χ2n) is 6.71. The number of hydrogen-bond acceptors (Lipinski definition) is 5. The van der Waals surface area contributed by atoms with Gasteiger partial charge in [-0.25, -0.2) is 4.79 Å². The van der Waals surface area contributed by atoms with Crippen LogP contribution in [0.1, 0.15) is 17.3 Å². The number of hydrogen-bond donors (Lipinski definition) is 1. The van der Waals surface area contributed by atoms with Crippen LogP contribution in [0.15, 0.2) is 85.2 Å². The first-order valence-electron chi connectivity index (χ1n) is 9.49. The van der Waals surface area contributed by atoms with Crippen molar-refractivity contribution in [2.75, 3.05) is 5.32 Å². The van der Waals surface area contributed by atoms with Gasteiger partial charge in [0.05, 0.1) is 16.6 Å². The molecule has 4 rings (SSSR count). The summed E-state index contributed by atoms with van der Waals surface area (Å²) >= 11 is 0. The summed E-state index contributed by atoms with van der Waals surface area (Å²) in [5.41, 5.74) is 4.09. The standard InChI is InChI=1S/C24H19N3O3/c1-16(30-24(29)18-11-12-21-22(15-18)26-14-13-25-21)23(28)27-20-10-6-5-9-19(20)17-7-3-2-4-8-17/h2-16H,1H3,(H,27,28)/t16-/m0/s1. The lowest BCUT2D eigenvalue weighted by atomic mass is 10.0. The lowest BCUT2D eigenvalue weighted by Crippen LogP contribution is -2.30. The first-order chi connectivity index (χ1) is 14.6.